The highest BCUT2D eigenvalue weighted by Crippen LogP contribution is 2.28. The number of aromatic nitrogens is 1. The fraction of sp³-hybridized carbons (Fsp3) is 0.167. The van der Waals surface area contributed by atoms with E-state index < -0.39 is 22.9 Å². The van der Waals surface area contributed by atoms with Crippen LogP contribution in [-0.4, -0.2) is 16.3 Å². The van der Waals surface area contributed by atoms with E-state index in [0.717, 1.165) is 18.3 Å². The highest BCUT2D eigenvalue weighted by atomic mass is 19.4. The Morgan fingerprint density at radius 2 is 2.14 bits per heavy atom. The fourth-order valence-electron chi connectivity index (χ4n) is 0.710. The summed E-state index contributed by atoms with van der Waals surface area (Å²) in [6.45, 7) is 0. The van der Waals surface area contributed by atoms with Gasteiger partial charge in [-0.2, -0.15) is 0 Å². The van der Waals surface area contributed by atoms with E-state index in [9.17, 15) is 23.3 Å². The average Bonchev–Trinajstić information content (AvgIpc) is 2.01. The first-order valence-electron chi connectivity index (χ1n) is 3.25. The van der Waals surface area contributed by atoms with Crippen molar-refractivity contribution in [2.45, 2.75) is 6.36 Å². The molecule has 0 aliphatic heterocycles. The normalized spacial score (nSPS) is 11.1. The van der Waals surface area contributed by atoms with Crippen LogP contribution in [0.2, 0.25) is 0 Å². The third kappa shape index (κ3) is 2.57. The van der Waals surface area contributed by atoms with Crippen LogP contribution in [-0.2, 0) is 0 Å². The molecule has 8 heteroatoms. The number of hydrogen-bond acceptors (Lipinski definition) is 4. The number of ether oxygens (including phenoxy) is 1. The van der Waals surface area contributed by atoms with Crippen molar-refractivity contribution in [2.24, 2.45) is 0 Å². The summed E-state index contributed by atoms with van der Waals surface area (Å²) in [5.74, 6) is -1.06. The Morgan fingerprint density at radius 3 is 2.64 bits per heavy atom. The van der Waals surface area contributed by atoms with Gasteiger partial charge in [-0.15, -0.1) is 13.2 Å². The van der Waals surface area contributed by atoms with Crippen LogP contribution in [0.1, 0.15) is 0 Å². The molecule has 0 unspecified atom stereocenters. The maximum Gasteiger partial charge on any atom is 0.574 e. The van der Waals surface area contributed by atoms with Gasteiger partial charge in [-0.3, -0.25) is 10.1 Å². The summed E-state index contributed by atoms with van der Waals surface area (Å²) in [4.78, 5) is 12.3. The summed E-state index contributed by atoms with van der Waals surface area (Å²) in [5, 5.41) is 10.2. The van der Waals surface area contributed by atoms with Gasteiger partial charge in [0, 0.05) is 12.3 Å². The van der Waals surface area contributed by atoms with Crippen LogP contribution >= 0.6 is 0 Å². The number of hydrogen-bond donors (Lipinski definition) is 0. The van der Waals surface area contributed by atoms with Crippen molar-refractivity contribution in [1.82, 2.24) is 4.98 Å². The van der Waals surface area contributed by atoms with Crippen molar-refractivity contribution in [3.8, 4) is 5.88 Å². The second-order valence-electron chi connectivity index (χ2n) is 2.13. The maximum absolute atomic E-state index is 11.7. The van der Waals surface area contributed by atoms with Gasteiger partial charge in [0.25, 0.3) is 0 Å². The summed E-state index contributed by atoms with van der Waals surface area (Å²) in [7, 11) is 0. The molecule has 1 heterocycles. The van der Waals surface area contributed by atoms with E-state index in [1.165, 1.54) is 0 Å². The van der Waals surface area contributed by atoms with Crippen LogP contribution in [0.3, 0.4) is 0 Å². The molecule has 1 aromatic rings. The van der Waals surface area contributed by atoms with E-state index in [4.69, 9.17) is 0 Å². The minimum absolute atomic E-state index is 0.829. The first-order valence-corrected chi connectivity index (χ1v) is 3.25. The summed E-state index contributed by atoms with van der Waals surface area (Å²) >= 11 is 0. The lowest BCUT2D eigenvalue weighted by atomic mass is 10.4. The van der Waals surface area contributed by atoms with Crippen molar-refractivity contribution in [2.75, 3.05) is 0 Å². The Bertz CT molecular complexity index is 352. The molecule has 1 rings (SSSR count). The maximum atomic E-state index is 11.7. The van der Waals surface area contributed by atoms with Crippen molar-refractivity contribution in [3.05, 3.63) is 28.4 Å². The Balaban J connectivity index is 3.02. The number of halogens is 3. The standard InChI is InChI=1S/C6H3F3N2O3/c7-6(8,9)14-5-4(11(12)13)2-1-3-10-5/h1-3H. The second-order valence-corrected chi connectivity index (χ2v) is 2.13. The van der Waals surface area contributed by atoms with Gasteiger partial charge in [0.1, 0.15) is 0 Å². The van der Waals surface area contributed by atoms with Crippen LogP contribution in [0.4, 0.5) is 18.9 Å². The van der Waals surface area contributed by atoms with Crippen LogP contribution in [0, 0.1) is 10.1 Å². The number of alkyl halides is 3. The molecule has 0 aromatic carbocycles. The highest BCUT2D eigenvalue weighted by molar-refractivity contribution is 5.39. The zero-order valence-electron chi connectivity index (χ0n) is 6.49. The first-order chi connectivity index (χ1) is 6.40. The topological polar surface area (TPSA) is 65.3 Å². The molecule has 0 bridgehead atoms. The smallest absolute Gasteiger partial charge is 0.381 e. The predicted octanol–water partition coefficient (Wildman–Crippen LogP) is 1.89. The lowest BCUT2D eigenvalue weighted by Crippen LogP contribution is -2.18. The Morgan fingerprint density at radius 1 is 1.50 bits per heavy atom. The van der Waals surface area contributed by atoms with Gasteiger partial charge < -0.3 is 4.74 Å². The van der Waals surface area contributed by atoms with E-state index in [2.05, 4.69) is 9.72 Å². The number of rotatable bonds is 2. The van der Waals surface area contributed by atoms with Gasteiger partial charge in [0.05, 0.1) is 4.92 Å². The van der Waals surface area contributed by atoms with E-state index >= 15 is 0 Å². The minimum Gasteiger partial charge on any atom is -0.381 e. The summed E-state index contributed by atoms with van der Waals surface area (Å²) in [6.07, 6.45) is -4.02. The third-order valence-electron chi connectivity index (χ3n) is 1.16. The van der Waals surface area contributed by atoms with E-state index in [1.54, 1.807) is 0 Å². The average molecular weight is 208 g/mol. The Hall–Kier alpha value is -1.86. The highest BCUT2D eigenvalue weighted by Gasteiger charge is 2.35. The van der Waals surface area contributed by atoms with Crippen LogP contribution in [0.5, 0.6) is 5.88 Å². The lowest BCUT2D eigenvalue weighted by Gasteiger charge is -2.06. The van der Waals surface area contributed by atoms with E-state index in [0.29, 0.717) is 0 Å². The molecule has 14 heavy (non-hydrogen) atoms. The van der Waals surface area contributed by atoms with Crippen molar-refractivity contribution < 1.29 is 22.8 Å². The number of pyridine rings is 1. The van der Waals surface area contributed by atoms with Crippen molar-refractivity contribution in [1.29, 1.82) is 0 Å². The van der Waals surface area contributed by atoms with Crippen LogP contribution in [0.25, 0.3) is 0 Å². The summed E-state index contributed by atoms with van der Waals surface area (Å²) in [6, 6.07) is 2.01. The molecule has 0 aliphatic rings. The summed E-state index contributed by atoms with van der Waals surface area (Å²) < 4.78 is 38.4. The predicted molar refractivity (Wildman–Crippen MR) is 37.6 cm³/mol. The molecule has 76 valence electrons. The molecule has 0 N–H and O–H groups in total. The van der Waals surface area contributed by atoms with Crippen LogP contribution in [0.15, 0.2) is 18.3 Å². The fourth-order valence-corrected chi connectivity index (χ4v) is 0.710. The Labute approximate surface area is 75.3 Å². The number of nitrogens with zero attached hydrogens (tertiary/aromatic N) is 2. The molecule has 0 saturated heterocycles. The molecule has 0 amide bonds. The molecule has 5 nitrogen and oxygen atoms in total. The molecular weight excluding hydrogens is 205 g/mol. The molecule has 0 atom stereocenters. The Kier molecular flexibility index (Phi) is 2.54. The molecule has 1 aromatic heterocycles. The van der Waals surface area contributed by atoms with Gasteiger partial charge >= 0.3 is 17.9 Å². The monoisotopic (exact) mass is 208 g/mol. The van der Waals surface area contributed by atoms with Crippen LogP contribution < -0.4 is 4.74 Å². The van der Waals surface area contributed by atoms with Gasteiger partial charge in [-0.1, -0.05) is 0 Å². The minimum atomic E-state index is -4.99. The molecule has 0 radical (unpaired) electrons. The van der Waals surface area contributed by atoms with E-state index in [-0.39, 0.29) is 0 Å². The van der Waals surface area contributed by atoms with Crippen molar-refractivity contribution >= 4 is 5.69 Å². The number of nitro groups is 1. The van der Waals surface area contributed by atoms with Gasteiger partial charge in [0.2, 0.25) is 0 Å². The SMILES string of the molecule is O=[N+]([O-])c1cccnc1OC(F)(F)F. The molecule has 0 spiro atoms. The molecular formula is C6H3F3N2O3. The quantitative estimate of drug-likeness (QED) is 0.549. The third-order valence-corrected chi connectivity index (χ3v) is 1.16. The largest absolute Gasteiger partial charge is 0.574 e. The lowest BCUT2D eigenvalue weighted by molar-refractivity contribution is -0.389. The summed E-state index contributed by atoms with van der Waals surface area (Å²) in [5.41, 5.74) is -0.829. The van der Waals surface area contributed by atoms with Crippen molar-refractivity contribution in [3.63, 3.8) is 0 Å². The van der Waals surface area contributed by atoms with Gasteiger partial charge in [-0.05, 0) is 6.07 Å². The zero-order valence-corrected chi connectivity index (χ0v) is 6.49. The molecule has 0 fully saturated rings. The van der Waals surface area contributed by atoms with Gasteiger partial charge in [0.15, 0.2) is 0 Å². The van der Waals surface area contributed by atoms with E-state index in [1.807, 2.05) is 0 Å². The molecule has 0 saturated carbocycles. The molecule has 0 aliphatic carbocycles. The first kappa shape index (κ1) is 10.2. The zero-order chi connectivity index (χ0) is 10.8. The second kappa shape index (κ2) is 3.48. The van der Waals surface area contributed by atoms with Gasteiger partial charge in [-0.25, -0.2) is 4.98 Å².